The van der Waals surface area contributed by atoms with Gasteiger partial charge in [-0.3, -0.25) is 14.7 Å². The summed E-state index contributed by atoms with van der Waals surface area (Å²) in [6.07, 6.45) is 5.84. The number of carbonyl (C=O) groups excluding carboxylic acids is 2. The van der Waals surface area contributed by atoms with Crippen molar-refractivity contribution in [2.75, 3.05) is 10.2 Å². The summed E-state index contributed by atoms with van der Waals surface area (Å²) in [5.74, 6) is -0.600. The number of aromatic hydroxyl groups is 1. The monoisotopic (exact) mass is 602 g/mol. The van der Waals surface area contributed by atoms with Crippen LogP contribution >= 0.6 is 11.3 Å². The van der Waals surface area contributed by atoms with Gasteiger partial charge < -0.3 is 20.0 Å². The van der Waals surface area contributed by atoms with Gasteiger partial charge in [0.05, 0.1) is 17.9 Å². The molecule has 0 radical (unpaired) electrons. The maximum Gasteiger partial charge on any atom is 0.279 e. The average Bonchev–Trinajstić information content (AvgIpc) is 3.51. The molecule has 0 saturated carbocycles. The van der Waals surface area contributed by atoms with Gasteiger partial charge in [0.25, 0.3) is 5.91 Å². The number of thiophene rings is 1. The van der Waals surface area contributed by atoms with Gasteiger partial charge in [-0.15, -0.1) is 0 Å². The van der Waals surface area contributed by atoms with E-state index >= 15 is 4.39 Å². The van der Waals surface area contributed by atoms with Crippen molar-refractivity contribution >= 4 is 35.4 Å². The number of nitrogens with zero attached hydrogens (tertiary/aromatic N) is 3. The van der Waals surface area contributed by atoms with E-state index in [1.54, 1.807) is 41.7 Å². The molecular weight excluding hydrogens is 567 g/mol. The van der Waals surface area contributed by atoms with Crippen LogP contribution in [-0.2, 0) is 11.4 Å². The molecule has 224 valence electrons. The van der Waals surface area contributed by atoms with Crippen molar-refractivity contribution in [1.29, 1.82) is 0 Å². The van der Waals surface area contributed by atoms with Crippen LogP contribution in [0.5, 0.6) is 11.5 Å². The Labute approximate surface area is 254 Å². The minimum absolute atomic E-state index is 0.0163. The minimum atomic E-state index is -0.839. The molecular formula is C33H35FN4O4S. The van der Waals surface area contributed by atoms with E-state index in [1.807, 2.05) is 30.5 Å². The minimum Gasteiger partial charge on any atom is -0.506 e. The number of carbonyl (C=O) groups is 2. The zero-order valence-electron chi connectivity index (χ0n) is 24.6. The van der Waals surface area contributed by atoms with Crippen LogP contribution in [0.2, 0.25) is 0 Å². The number of amides is 1. The Morgan fingerprint density at radius 1 is 1.21 bits per heavy atom. The molecule has 1 atom stereocenters. The van der Waals surface area contributed by atoms with Crippen LogP contribution in [0.25, 0.3) is 0 Å². The molecule has 2 aromatic carbocycles. The van der Waals surface area contributed by atoms with E-state index in [0.717, 1.165) is 23.3 Å². The zero-order chi connectivity index (χ0) is 31.1. The van der Waals surface area contributed by atoms with Gasteiger partial charge in [0.1, 0.15) is 42.1 Å². The second-order valence-corrected chi connectivity index (χ2v) is 11.7. The summed E-state index contributed by atoms with van der Waals surface area (Å²) < 4.78 is 21.9. The van der Waals surface area contributed by atoms with Crippen LogP contribution in [0.1, 0.15) is 68.2 Å². The quantitative estimate of drug-likeness (QED) is 0.199. The predicted octanol–water partition coefficient (Wildman–Crippen LogP) is 7.69. The number of nitrogens with one attached hydrogen (secondary N) is 1. The lowest BCUT2D eigenvalue weighted by Crippen LogP contribution is -2.36. The molecule has 0 aliphatic carbocycles. The number of anilines is 2. The summed E-state index contributed by atoms with van der Waals surface area (Å²) in [6, 6.07) is 10.8. The third-order valence-electron chi connectivity index (χ3n) is 7.57. The smallest absolute Gasteiger partial charge is 0.279 e. The van der Waals surface area contributed by atoms with Gasteiger partial charge in [-0.2, -0.15) is 11.3 Å². The number of phenols is 1. The molecule has 0 fully saturated rings. The van der Waals surface area contributed by atoms with Crippen molar-refractivity contribution in [2.24, 2.45) is 5.41 Å². The lowest BCUT2D eigenvalue weighted by Gasteiger charge is -2.33. The summed E-state index contributed by atoms with van der Waals surface area (Å²) in [6.45, 7) is 10.7. The molecule has 2 N–H and O–H groups in total. The zero-order valence-corrected chi connectivity index (χ0v) is 25.5. The van der Waals surface area contributed by atoms with Gasteiger partial charge in [0.2, 0.25) is 0 Å². The molecule has 8 nitrogen and oxygen atoms in total. The van der Waals surface area contributed by atoms with Crippen molar-refractivity contribution in [3.8, 4) is 11.5 Å². The van der Waals surface area contributed by atoms with Crippen molar-refractivity contribution in [3.05, 3.63) is 106 Å². The van der Waals surface area contributed by atoms with Crippen molar-refractivity contribution < 1.29 is 23.8 Å². The average molecular weight is 603 g/mol. The highest BCUT2D eigenvalue weighted by molar-refractivity contribution is 7.07. The van der Waals surface area contributed by atoms with Crippen LogP contribution in [0.3, 0.4) is 0 Å². The number of hydrogen-bond acceptors (Lipinski definition) is 8. The third kappa shape index (κ3) is 6.91. The van der Waals surface area contributed by atoms with Gasteiger partial charge >= 0.3 is 0 Å². The molecule has 2 aromatic heterocycles. The fourth-order valence-corrected chi connectivity index (χ4v) is 5.54. The first kappa shape index (κ1) is 31.4. The van der Waals surface area contributed by atoms with Gasteiger partial charge in [-0.1, -0.05) is 33.3 Å². The molecule has 0 unspecified atom stereocenters. The van der Waals surface area contributed by atoms with Crippen molar-refractivity contribution in [3.63, 3.8) is 0 Å². The molecule has 1 aliphatic rings. The number of allylic oxidation sites excluding steroid dienone is 1. The highest BCUT2D eigenvalue weighted by Crippen LogP contribution is 2.48. The molecule has 43 heavy (non-hydrogen) atoms. The predicted molar refractivity (Wildman–Crippen MR) is 167 cm³/mol. The van der Waals surface area contributed by atoms with E-state index in [-0.39, 0.29) is 16.9 Å². The van der Waals surface area contributed by atoms with E-state index in [1.165, 1.54) is 29.6 Å². The first-order chi connectivity index (χ1) is 20.7. The lowest BCUT2D eigenvalue weighted by atomic mass is 9.83. The van der Waals surface area contributed by atoms with Gasteiger partial charge in [-0.05, 0) is 71.0 Å². The molecule has 4 aromatic rings. The van der Waals surface area contributed by atoms with Crippen LogP contribution in [0.15, 0.2) is 83.1 Å². The van der Waals surface area contributed by atoms with E-state index < -0.39 is 17.8 Å². The normalized spacial score (nSPS) is 14.6. The number of para-hydroxylation sites is 1. The number of aromatic nitrogens is 2. The molecule has 0 bridgehead atoms. The molecule has 5 rings (SSSR count). The highest BCUT2D eigenvalue weighted by Gasteiger charge is 2.38. The summed E-state index contributed by atoms with van der Waals surface area (Å²) >= 11 is 1.57. The van der Waals surface area contributed by atoms with E-state index in [9.17, 15) is 9.90 Å². The Hall–Kier alpha value is -4.57. The van der Waals surface area contributed by atoms with Crippen molar-refractivity contribution in [2.45, 2.75) is 53.2 Å². The van der Waals surface area contributed by atoms with Gasteiger partial charge in [0.15, 0.2) is 0 Å². The van der Waals surface area contributed by atoms with E-state index in [4.69, 9.17) is 9.53 Å². The van der Waals surface area contributed by atoms with E-state index in [2.05, 4.69) is 36.1 Å². The number of fused-ring (bicyclic) bond motifs is 1. The molecule has 0 spiro atoms. The second-order valence-electron chi connectivity index (χ2n) is 10.9. The first-order valence-electron chi connectivity index (χ1n) is 13.8. The van der Waals surface area contributed by atoms with Crippen LogP contribution < -0.4 is 15.0 Å². The summed E-state index contributed by atoms with van der Waals surface area (Å²) in [4.78, 5) is 32.0. The van der Waals surface area contributed by atoms with Gasteiger partial charge in [-0.25, -0.2) is 9.37 Å². The topological polar surface area (TPSA) is 105 Å². The molecule has 3 heterocycles. The molecule has 1 amide bonds. The molecule has 1 aliphatic heterocycles. The standard InChI is InChI=1S/C32H33FN4O3S.CH2O/c1-5-32(3,4)16-25-20(2)30(23-10-9-22(15-24(23)33)40-18-21-11-14-41-19-21)37(31(39)26-17-34-12-13-35-26)27-7-6-8-28(38)29(27)36-25;1-2/h6-15,17,19,30,36,38H,5,16,18H2,1-4H3;1H2/t30-;/m1./s1. The number of ether oxygens (including phenoxy) is 1. The highest BCUT2D eigenvalue weighted by atomic mass is 32.1. The Kier molecular flexibility index (Phi) is 9.92. The van der Waals surface area contributed by atoms with Crippen LogP contribution in [0.4, 0.5) is 15.8 Å². The number of rotatable bonds is 8. The number of phenolic OH excluding ortho intramolecular Hbond substituents is 1. The third-order valence-corrected chi connectivity index (χ3v) is 8.30. The molecule has 10 heteroatoms. The Balaban J connectivity index is 0.00000207. The number of hydrogen-bond donors (Lipinski definition) is 2. The first-order valence-corrected chi connectivity index (χ1v) is 14.7. The van der Waals surface area contributed by atoms with Gasteiger partial charge in [0, 0.05) is 29.7 Å². The van der Waals surface area contributed by atoms with E-state index in [0.29, 0.717) is 35.7 Å². The summed E-state index contributed by atoms with van der Waals surface area (Å²) in [5.41, 5.74) is 3.67. The SMILES string of the molecule is C=O.CCC(C)(C)CC1=C(C)[C@H](c2ccc(OCc3ccsc3)cc2F)N(C(=O)c2cnccn2)c2cccc(O)c2N1. The Morgan fingerprint density at radius 2 is 2.00 bits per heavy atom. The lowest BCUT2D eigenvalue weighted by molar-refractivity contribution is -0.0980. The maximum atomic E-state index is 16.1. The Bertz CT molecular complexity index is 1590. The molecule has 0 saturated heterocycles. The Morgan fingerprint density at radius 3 is 2.65 bits per heavy atom. The van der Waals surface area contributed by atoms with Crippen molar-refractivity contribution in [1.82, 2.24) is 9.97 Å². The fraction of sp³-hybridized carbons (Fsp3) is 0.273. The fourth-order valence-electron chi connectivity index (χ4n) is 4.88. The summed E-state index contributed by atoms with van der Waals surface area (Å²) in [5, 5.41) is 18.3. The number of benzene rings is 2. The summed E-state index contributed by atoms with van der Waals surface area (Å²) in [7, 11) is 0. The maximum absolute atomic E-state index is 16.1. The number of halogens is 1. The second kappa shape index (κ2) is 13.6. The largest absolute Gasteiger partial charge is 0.506 e. The van der Waals surface area contributed by atoms with Crippen LogP contribution in [0, 0.1) is 11.2 Å². The van der Waals surface area contributed by atoms with Crippen LogP contribution in [-0.4, -0.2) is 27.8 Å².